The van der Waals surface area contributed by atoms with E-state index in [9.17, 15) is 0 Å². The molecule has 0 aliphatic carbocycles. The summed E-state index contributed by atoms with van der Waals surface area (Å²) in [5.74, 6) is 0.575. The molecule has 1 N–H and O–H groups in total. The highest BCUT2D eigenvalue weighted by Gasteiger charge is 2.26. The van der Waals surface area contributed by atoms with Crippen LogP contribution >= 0.6 is 0 Å². The SMILES string of the molecule is c1ccc2cc(C(C3CCCNC3)n3cnnc3)ccc2c1. The maximum atomic E-state index is 4.02. The summed E-state index contributed by atoms with van der Waals surface area (Å²) in [6.45, 7) is 2.18. The molecule has 1 aliphatic rings. The van der Waals surface area contributed by atoms with Crippen molar-refractivity contribution in [3.05, 3.63) is 60.7 Å². The highest BCUT2D eigenvalue weighted by atomic mass is 15.2. The molecule has 22 heavy (non-hydrogen) atoms. The van der Waals surface area contributed by atoms with Crippen LogP contribution in [0.2, 0.25) is 0 Å². The summed E-state index contributed by atoms with van der Waals surface area (Å²) < 4.78 is 2.15. The Morgan fingerprint density at radius 1 is 1.05 bits per heavy atom. The van der Waals surface area contributed by atoms with Crippen molar-refractivity contribution in [2.45, 2.75) is 18.9 Å². The van der Waals surface area contributed by atoms with E-state index >= 15 is 0 Å². The fraction of sp³-hybridized carbons (Fsp3) is 0.333. The van der Waals surface area contributed by atoms with Gasteiger partial charge in [-0.1, -0.05) is 36.4 Å². The number of aromatic nitrogens is 3. The summed E-state index contributed by atoms with van der Waals surface area (Å²) in [6, 6.07) is 15.6. The highest BCUT2D eigenvalue weighted by Crippen LogP contribution is 2.32. The van der Waals surface area contributed by atoms with Gasteiger partial charge in [0.05, 0.1) is 6.04 Å². The van der Waals surface area contributed by atoms with Gasteiger partial charge >= 0.3 is 0 Å². The molecule has 2 atom stereocenters. The number of benzene rings is 2. The molecule has 4 heteroatoms. The first-order valence-electron chi connectivity index (χ1n) is 7.95. The van der Waals surface area contributed by atoms with Crippen LogP contribution in [0.25, 0.3) is 10.8 Å². The van der Waals surface area contributed by atoms with Gasteiger partial charge in [0.25, 0.3) is 0 Å². The number of nitrogens with one attached hydrogen (secondary N) is 1. The van der Waals surface area contributed by atoms with Crippen molar-refractivity contribution in [3.63, 3.8) is 0 Å². The third-order valence-electron chi connectivity index (χ3n) is 4.65. The van der Waals surface area contributed by atoms with Gasteiger partial charge in [0.2, 0.25) is 0 Å². The van der Waals surface area contributed by atoms with Gasteiger partial charge in [-0.25, -0.2) is 0 Å². The van der Waals surface area contributed by atoms with Crippen molar-refractivity contribution in [1.82, 2.24) is 20.1 Å². The molecule has 1 fully saturated rings. The van der Waals surface area contributed by atoms with E-state index in [1.54, 1.807) is 0 Å². The van der Waals surface area contributed by atoms with E-state index in [0.29, 0.717) is 12.0 Å². The van der Waals surface area contributed by atoms with Crippen LogP contribution in [0.4, 0.5) is 0 Å². The van der Waals surface area contributed by atoms with E-state index in [4.69, 9.17) is 0 Å². The normalized spacial score (nSPS) is 20.1. The summed E-state index contributed by atoms with van der Waals surface area (Å²) in [5.41, 5.74) is 1.34. The number of fused-ring (bicyclic) bond motifs is 1. The molecule has 0 radical (unpaired) electrons. The minimum atomic E-state index is 0.299. The molecule has 4 rings (SSSR count). The largest absolute Gasteiger partial charge is 0.316 e. The Balaban J connectivity index is 1.78. The van der Waals surface area contributed by atoms with Gasteiger partial charge < -0.3 is 9.88 Å². The summed E-state index contributed by atoms with van der Waals surface area (Å²) in [5, 5.41) is 14.1. The number of hydrogen-bond acceptors (Lipinski definition) is 3. The Morgan fingerprint density at radius 3 is 2.64 bits per heavy atom. The molecule has 0 saturated carbocycles. The molecule has 0 bridgehead atoms. The van der Waals surface area contributed by atoms with Crippen LogP contribution in [0.3, 0.4) is 0 Å². The molecular weight excluding hydrogens is 272 g/mol. The van der Waals surface area contributed by atoms with Gasteiger partial charge in [-0.2, -0.15) is 0 Å². The van der Waals surface area contributed by atoms with Crippen LogP contribution in [-0.2, 0) is 0 Å². The third kappa shape index (κ3) is 2.50. The Morgan fingerprint density at radius 2 is 1.86 bits per heavy atom. The van der Waals surface area contributed by atoms with Crippen LogP contribution in [0.1, 0.15) is 24.4 Å². The average Bonchev–Trinajstić information content (AvgIpc) is 3.10. The molecular formula is C18H20N4. The molecule has 0 spiro atoms. The molecule has 112 valence electrons. The second kappa shape index (κ2) is 5.89. The van der Waals surface area contributed by atoms with Crippen molar-refractivity contribution in [2.24, 2.45) is 5.92 Å². The maximum Gasteiger partial charge on any atom is 0.119 e. The topological polar surface area (TPSA) is 42.7 Å². The van der Waals surface area contributed by atoms with Crippen LogP contribution in [0, 0.1) is 5.92 Å². The number of piperidine rings is 1. The number of nitrogens with zero attached hydrogens (tertiary/aromatic N) is 3. The first-order chi connectivity index (χ1) is 10.9. The number of hydrogen-bond donors (Lipinski definition) is 1. The van der Waals surface area contributed by atoms with E-state index in [-0.39, 0.29) is 0 Å². The van der Waals surface area contributed by atoms with E-state index in [2.05, 4.69) is 62.5 Å². The zero-order valence-corrected chi connectivity index (χ0v) is 12.5. The van der Waals surface area contributed by atoms with Gasteiger partial charge in [0, 0.05) is 6.54 Å². The fourth-order valence-electron chi connectivity index (χ4n) is 3.58. The zero-order valence-electron chi connectivity index (χ0n) is 12.5. The molecule has 1 aromatic heterocycles. The lowest BCUT2D eigenvalue weighted by Gasteiger charge is -2.31. The molecule has 2 unspecified atom stereocenters. The Hall–Kier alpha value is -2.20. The zero-order chi connectivity index (χ0) is 14.8. The molecule has 2 heterocycles. The van der Waals surface area contributed by atoms with Gasteiger partial charge in [-0.3, -0.25) is 0 Å². The van der Waals surface area contributed by atoms with Crippen LogP contribution in [0.15, 0.2) is 55.1 Å². The second-order valence-electron chi connectivity index (χ2n) is 6.07. The third-order valence-corrected chi connectivity index (χ3v) is 4.65. The first-order valence-corrected chi connectivity index (χ1v) is 7.95. The fourth-order valence-corrected chi connectivity index (χ4v) is 3.58. The average molecular weight is 292 g/mol. The first kappa shape index (κ1) is 13.5. The lowest BCUT2D eigenvalue weighted by molar-refractivity contribution is 0.295. The van der Waals surface area contributed by atoms with E-state index in [0.717, 1.165) is 13.1 Å². The standard InChI is InChI=1S/C18H20N4/c1-2-5-15-10-16(8-7-14(15)4-1)18(22-12-20-21-13-22)17-6-3-9-19-11-17/h1-2,4-5,7-8,10,12-13,17-19H,3,6,9,11H2. The summed E-state index contributed by atoms with van der Waals surface area (Å²) in [4.78, 5) is 0. The molecule has 2 aromatic carbocycles. The number of rotatable bonds is 3. The van der Waals surface area contributed by atoms with Gasteiger partial charge in [-0.05, 0) is 47.7 Å². The quantitative estimate of drug-likeness (QED) is 0.807. The van der Waals surface area contributed by atoms with Crippen molar-refractivity contribution in [2.75, 3.05) is 13.1 Å². The van der Waals surface area contributed by atoms with Gasteiger partial charge in [0.1, 0.15) is 12.7 Å². The summed E-state index contributed by atoms with van der Waals surface area (Å²) in [6.07, 6.45) is 6.16. The second-order valence-corrected chi connectivity index (χ2v) is 6.07. The predicted octanol–water partition coefficient (Wildman–Crippen LogP) is 3.02. The Labute approximate surface area is 130 Å². The van der Waals surface area contributed by atoms with Gasteiger partial charge in [0.15, 0.2) is 0 Å². The monoisotopic (exact) mass is 292 g/mol. The molecule has 4 nitrogen and oxygen atoms in total. The predicted molar refractivity (Wildman–Crippen MR) is 87.7 cm³/mol. The van der Waals surface area contributed by atoms with Crippen molar-refractivity contribution in [3.8, 4) is 0 Å². The van der Waals surface area contributed by atoms with E-state index in [1.165, 1.54) is 29.2 Å². The lowest BCUT2D eigenvalue weighted by atomic mass is 9.86. The van der Waals surface area contributed by atoms with Crippen LogP contribution < -0.4 is 5.32 Å². The Kier molecular flexibility index (Phi) is 3.60. The van der Waals surface area contributed by atoms with E-state index < -0.39 is 0 Å². The molecule has 0 amide bonds. The van der Waals surface area contributed by atoms with Crippen molar-refractivity contribution < 1.29 is 0 Å². The van der Waals surface area contributed by atoms with Crippen LogP contribution in [0.5, 0.6) is 0 Å². The van der Waals surface area contributed by atoms with Crippen LogP contribution in [-0.4, -0.2) is 27.9 Å². The summed E-state index contributed by atoms with van der Waals surface area (Å²) in [7, 11) is 0. The minimum Gasteiger partial charge on any atom is -0.316 e. The minimum absolute atomic E-state index is 0.299. The Bertz CT molecular complexity index is 745. The smallest absolute Gasteiger partial charge is 0.119 e. The highest BCUT2D eigenvalue weighted by molar-refractivity contribution is 5.83. The van der Waals surface area contributed by atoms with E-state index in [1.807, 2.05) is 12.7 Å². The molecule has 1 aliphatic heterocycles. The molecule has 3 aromatic rings. The van der Waals surface area contributed by atoms with Crippen molar-refractivity contribution >= 4 is 10.8 Å². The van der Waals surface area contributed by atoms with Crippen molar-refractivity contribution in [1.29, 1.82) is 0 Å². The van der Waals surface area contributed by atoms with Gasteiger partial charge in [-0.15, -0.1) is 10.2 Å². The molecule has 1 saturated heterocycles. The summed E-state index contributed by atoms with van der Waals surface area (Å²) >= 11 is 0. The lowest BCUT2D eigenvalue weighted by Crippen LogP contribution is -2.35. The maximum absolute atomic E-state index is 4.02.